The van der Waals surface area contributed by atoms with Gasteiger partial charge in [-0.25, -0.2) is 18.8 Å². The summed E-state index contributed by atoms with van der Waals surface area (Å²) in [6.07, 6.45) is -0.750. The molecule has 0 saturated heterocycles. The normalized spacial score (nSPS) is 11.8. The summed E-state index contributed by atoms with van der Waals surface area (Å²) in [5.74, 6) is -1.83. The van der Waals surface area contributed by atoms with E-state index in [-0.39, 0.29) is 23.7 Å². The lowest BCUT2D eigenvalue weighted by molar-refractivity contribution is -0.139. The number of aryl methyl sites for hydroxylation is 1. The molecule has 4 rings (SSSR count). The van der Waals surface area contributed by atoms with Gasteiger partial charge in [0, 0.05) is 23.4 Å². The maximum Gasteiger partial charge on any atom is 0.412 e. The van der Waals surface area contributed by atoms with Crippen molar-refractivity contribution < 1.29 is 33.1 Å². The second-order valence-electron chi connectivity index (χ2n) is 10.5. The third-order valence-corrected chi connectivity index (χ3v) is 5.83. The van der Waals surface area contributed by atoms with Gasteiger partial charge in [0.2, 0.25) is 5.82 Å². The molecule has 11 nitrogen and oxygen atoms in total. The van der Waals surface area contributed by atoms with Gasteiger partial charge in [0.05, 0.1) is 5.56 Å². The summed E-state index contributed by atoms with van der Waals surface area (Å²) in [4.78, 5) is 40.3. The first-order valence-corrected chi connectivity index (χ1v) is 13.0. The van der Waals surface area contributed by atoms with E-state index in [1.807, 2.05) is 19.1 Å². The van der Waals surface area contributed by atoms with Gasteiger partial charge in [-0.3, -0.25) is 5.32 Å². The SMILES string of the molecule is Cc1ccc(NC(=O)NC(Cc2ccc(-c3noc(-c4ccc(NC(=O)OC(C)(C)C)cc4)n3)c(F)c2)C(=O)O)cc1. The molecule has 0 aliphatic heterocycles. The Morgan fingerprint density at radius 2 is 1.62 bits per heavy atom. The summed E-state index contributed by atoms with van der Waals surface area (Å²) in [6, 6.07) is 15.7. The van der Waals surface area contributed by atoms with Crippen molar-refractivity contribution in [2.45, 2.75) is 45.8 Å². The van der Waals surface area contributed by atoms with Crippen LogP contribution < -0.4 is 16.0 Å². The first-order chi connectivity index (χ1) is 19.9. The largest absolute Gasteiger partial charge is 0.480 e. The van der Waals surface area contributed by atoms with Crippen molar-refractivity contribution >= 4 is 29.5 Å². The number of aromatic nitrogens is 2. The van der Waals surface area contributed by atoms with Gasteiger partial charge >= 0.3 is 18.1 Å². The minimum Gasteiger partial charge on any atom is -0.480 e. The lowest BCUT2D eigenvalue weighted by Crippen LogP contribution is -2.44. The first-order valence-electron chi connectivity index (χ1n) is 13.0. The summed E-state index contributed by atoms with van der Waals surface area (Å²) in [7, 11) is 0. The molecule has 3 amide bonds. The van der Waals surface area contributed by atoms with Crippen LogP contribution in [0.4, 0.5) is 25.4 Å². The number of hydrogen-bond donors (Lipinski definition) is 4. The van der Waals surface area contributed by atoms with Crippen molar-refractivity contribution in [2.75, 3.05) is 10.6 Å². The van der Waals surface area contributed by atoms with Crippen LogP contribution in [-0.4, -0.2) is 45.0 Å². The zero-order valence-corrected chi connectivity index (χ0v) is 23.4. The van der Waals surface area contributed by atoms with Crippen LogP contribution in [0.1, 0.15) is 31.9 Å². The zero-order valence-electron chi connectivity index (χ0n) is 23.4. The smallest absolute Gasteiger partial charge is 0.412 e. The zero-order chi connectivity index (χ0) is 30.4. The van der Waals surface area contributed by atoms with Gasteiger partial charge in [-0.1, -0.05) is 28.9 Å². The number of urea groups is 1. The predicted octanol–water partition coefficient (Wildman–Crippen LogP) is 6.02. The second kappa shape index (κ2) is 12.5. The molecule has 42 heavy (non-hydrogen) atoms. The van der Waals surface area contributed by atoms with E-state index < -0.39 is 35.6 Å². The van der Waals surface area contributed by atoms with Crippen LogP contribution in [0.5, 0.6) is 0 Å². The number of carbonyl (C=O) groups is 3. The van der Waals surface area contributed by atoms with Crippen LogP contribution >= 0.6 is 0 Å². The standard InChI is InChI=1S/C30H30FN5O6/c1-17-5-10-20(11-6-17)32-28(39)34-24(27(37)38)16-18-7-14-22(23(31)15-18)25-35-26(42-36-25)19-8-12-21(13-9-19)33-29(40)41-30(2,3)4/h5-15,24H,16H2,1-4H3,(H,33,40)(H,37,38)(H2,32,34,39). The van der Waals surface area contributed by atoms with E-state index in [1.54, 1.807) is 57.2 Å². The number of nitrogens with zero attached hydrogens (tertiary/aromatic N) is 2. The van der Waals surface area contributed by atoms with E-state index in [1.165, 1.54) is 12.1 Å². The number of benzene rings is 3. The maximum atomic E-state index is 15.1. The molecule has 0 bridgehead atoms. The average molecular weight is 576 g/mol. The summed E-state index contributed by atoms with van der Waals surface area (Å²) in [5, 5.41) is 21.1. The maximum absolute atomic E-state index is 15.1. The number of carbonyl (C=O) groups excluding carboxylic acids is 2. The number of halogens is 1. The minimum atomic E-state index is -1.30. The highest BCUT2D eigenvalue weighted by atomic mass is 19.1. The van der Waals surface area contributed by atoms with Gasteiger partial charge in [-0.15, -0.1) is 0 Å². The first kappa shape index (κ1) is 29.7. The van der Waals surface area contributed by atoms with Gasteiger partial charge in [-0.05, 0) is 81.8 Å². The number of amides is 3. The number of anilines is 2. The Hall–Kier alpha value is -5.26. The van der Waals surface area contributed by atoms with Gasteiger partial charge in [0.15, 0.2) is 0 Å². The fourth-order valence-electron chi connectivity index (χ4n) is 3.83. The Bertz CT molecular complexity index is 1580. The molecule has 3 aromatic carbocycles. The van der Waals surface area contributed by atoms with Gasteiger partial charge in [0.25, 0.3) is 5.89 Å². The lowest BCUT2D eigenvalue weighted by Gasteiger charge is -2.19. The van der Waals surface area contributed by atoms with Crippen LogP contribution in [0.25, 0.3) is 22.8 Å². The molecule has 0 radical (unpaired) electrons. The topological polar surface area (TPSA) is 156 Å². The molecule has 0 fully saturated rings. The Kier molecular flexibility index (Phi) is 8.84. The number of hydrogen-bond acceptors (Lipinski definition) is 7. The number of rotatable bonds is 8. The van der Waals surface area contributed by atoms with Crippen molar-refractivity contribution in [3.63, 3.8) is 0 Å². The molecule has 0 aliphatic rings. The number of aliphatic carboxylic acids is 1. The van der Waals surface area contributed by atoms with Crippen LogP contribution in [0.3, 0.4) is 0 Å². The third kappa shape index (κ3) is 8.13. The van der Waals surface area contributed by atoms with Gasteiger partial charge < -0.3 is 25.0 Å². The molecule has 1 atom stereocenters. The molecule has 0 aliphatic carbocycles. The highest BCUT2D eigenvalue weighted by Crippen LogP contribution is 2.26. The lowest BCUT2D eigenvalue weighted by atomic mass is 10.0. The van der Waals surface area contributed by atoms with Crippen molar-refractivity contribution in [3.8, 4) is 22.8 Å². The monoisotopic (exact) mass is 575 g/mol. The summed E-state index contributed by atoms with van der Waals surface area (Å²) < 4.78 is 25.6. The van der Waals surface area contributed by atoms with E-state index >= 15 is 4.39 Å². The van der Waals surface area contributed by atoms with E-state index in [0.717, 1.165) is 11.6 Å². The molecule has 12 heteroatoms. The van der Waals surface area contributed by atoms with Crippen molar-refractivity contribution in [1.29, 1.82) is 0 Å². The number of carboxylic acid groups (broad SMARTS) is 1. The number of ether oxygens (including phenoxy) is 1. The van der Waals surface area contributed by atoms with E-state index in [0.29, 0.717) is 22.5 Å². The van der Waals surface area contributed by atoms with Gasteiger partial charge in [0.1, 0.15) is 17.5 Å². The van der Waals surface area contributed by atoms with Crippen LogP contribution in [-0.2, 0) is 16.0 Å². The molecule has 0 saturated carbocycles. The minimum absolute atomic E-state index is 0.00427. The quantitative estimate of drug-likeness (QED) is 0.199. The number of nitrogens with one attached hydrogen (secondary N) is 3. The number of carboxylic acids is 1. The van der Waals surface area contributed by atoms with Crippen molar-refractivity contribution in [2.24, 2.45) is 0 Å². The highest BCUT2D eigenvalue weighted by molar-refractivity contribution is 5.92. The molecule has 4 aromatic rings. The van der Waals surface area contributed by atoms with E-state index in [2.05, 4.69) is 26.1 Å². The molecule has 1 aromatic heterocycles. The molecular weight excluding hydrogens is 545 g/mol. The van der Waals surface area contributed by atoms with Crippen LogP contribution in [0, 0.1) is 12.7 Å². The Labute approximate surface area is 241 Å². The Morgan fingerprint density at radius 1 is 0.976 bits per heavy atom. The fraction of sp³-hybridized carbons (Fsp3) is 0.233. The third-order valence-electron chi connectivity index (χ3n) is 5.83. The Balaban J connectivity index is 1.40. The molecule has 218 valence electrons. The highest BCUT2D eigenvalue weighted by Gasteiger charge is 2.22. The summed E-state index contributed by atoms with van der Waals surface area (Å²) in [5.41, 5.74) is 2.31. The second-order valence-corrected chi connectivity index (χ2v) is 10.5. The summed E-state index contributed by atoms with van der Waals surface area (Å²) >= 11 is 0. The molecule has 1 unspecified atom stereocenters. The fourth-order valence-corrected chi connectivity index (χ4v) is 3.83. The van der Waals surface area contributed by atoms with Crippen molar-refractivity contribution in [3.05, 3.63) is 83.7 Å². The van der Waals surface area contributed by atoms with E-state index in [9.17, 15) is 19.5 Å². The molecule has 4 N–H and O–H groups in total. The molecular formula is C30H30FN5O6. The molecule has 1 heterocycles. The Morgan fingerprint density at radius 3 is 2.24 bits per heavy atom. The predicted molar refractivity (Wildman–Crippen MR) is 153 cm³/mol. The van der Waals surface area contributed by atoms with Crippen LogP contribution in [0.15, 0.2) is 71.3 Å². The average Bonchev–Trinajstić information content (AvgIpc) is 3.39. The molecule has 0 spiro atoms. The van der Waals surface area contributed by atoms with Crippen LogP contribution in [0.2, 0.25) is 0 Å². The summed E-state index contributed by atoms with van der Waals surface area (Å²) in [6.45, 7) is 7.19. The van der Waals surface area contributed by atoms with E-state index in [4.69, 9.17) is 9.26 Å². The van der Waals surface area contributed by atoms with Gasteiger partial charge in [-0.2, -0.15) is 4.98 Å². The van der Waals surface area contributed by atoms with Crippen molar-refractivity contribution in [1.82, 2.24) is 15.5 Å².